The van der Waals surface area contributed by atoms with Crippen LogP contribution in [0.2, 0.25) is 0 Å². The fourth-order valence-corrected chi connectivity index (χ4v) is 1.16. The third-order valence-corrected chi connectivity index (χ3v) is 1.95. The molecule has 0 amide bonds. The molecule has 0 aromatic heterocycles. The molecule has 0 radical (unpaired) electrons. The molecule has 0 saturated heterocycles. The van der Waals surface area contributed by atoms with Gasteiger partial charge in [0.25, 0.3) is 0 Å². The van der Waals surface area contributed by atoms with Gasteiger partial charge < -0.3 is 14.7 Å². The van der Waals surface area contributed by atoms with Crippen LogP contribution in [0.3, 0.4) is 0 Å². The Morgan fingerprint density at radius 2 is 1.94 bits per heavy atom. The minimum atomic E-state index is -0.852. The lowest BCUT2D eigenvalue weighted by atomic mass is 10.2. The van der Waals surface area contributed by atoms with Crippen molar-refractivity contribution in [1.82, 2.24) is 0 Å². The quantitative estimate of drug-likeness (QED) is 0.602. The first-order chi connectivity index (χ1) is 7.41. The zero-order valence-electron chi connectivity index (χ0n) is 9.35. The van der Waals surface area contributed by atoms with Gasteiger partial charge >= 0.3 is 11.9 Å². The minimum absolute atomic E-state index is 0.0270. The lowest BCUT2D eigenvalue weighted by molar-refractivity contribution is -0.135. The standard InChI is InChI=1S/C11H13NO4/c1-7(13)16-11(15)9-5-4-8(12(2)3)6-10(9)14/h4-6,14H,1-3H3. The molecule has 1 N–H and O–H groups in total. The largest absolute Gasteiger partial charge is 0.507 e. The van der Waals surface area contributed by atoms with E-state index in [1.165, 1.54) is 12.1 Å². The summed E-state index contributed by atoms with van der Waals surface area (Å²) < 4.78 is 4.37. The van der Waals surface area contributed by atoms with Crippen molar-refractivity contribution in [2.75, 3.05) is 19.0 Å². The molecular weight excluding hydrogens is 210 g/mol. The first-order valence-electron chi connectivity index (χ1n) is 4.65. The van der Waals surface area contributed by atoms with E-state index in [0.717, 1.165) is 12.6 Å². The average molecular weight is 223 g/mol. The highest BCUT2D eigenvalue weighted by Gasteiger charge is 2.15. The molecule has 0 fully saturated rings. The first kappa shape index (κ1) is 12.0. The third-order valence-electron chi connectivity index (χ3n) is 1.95. The molecule has 1 rings (SSSR count). The number of anilines is 1. The molecule has 0 aliphatic carbocycles. The number of phenols is 1. The van der Waals surface area contributed by atoms with Gasteiger partial charge in [-0.05, 0) is 12.1 Å². The molecule has 5 nitrogen and oxygen atoms in total. The lowest BCUT2D eigenvalue weighted by Gasteiger charge is -2.13. The van der Waals surface area contributed by atoms with E-state index >= 15 is 0 Å². The Kier molecular flexibility index (Phi) is 3.50. The van der Waals surface area contributed by atoms with E-state index < -0.39 is 11.9 Å². The van der Waals surface area contributed by atoms with Crippen LogP contribution in [0.5, 0.6) is 5.75 Å². The number of ether oxygens (including phenoxy) is 1. The van der Waals surface area contributed by atoms with Crippen molar-refractivity contribution in [3.8, 4) is 5.75 Å². The van der Waals surface area contributed by atoms with Crippen LogP contribution in [-0.4, -0.2) is 31.1 Å². The van der Waals surface area contributed by atoms with Crippen molar-refractivity contribution < 1.29 is 19.4 Å². The molecule has 16 heavy (non-hydrogen) atoms. The molecule has 0 unspecified atom stereocenters. The number of hydrogen-bond acceptors (Lipinski definition) is 5. The van der Waals surface area contributed by atoms with Crippen LogP contribution >= 0.6 is 0 Å². The molecule has 0 spiro atoms. The maximum absolute atomic E-state index is 11.3. The van der Waals surface area contributed by atoms with Gasteiger partial charge in [0, 0.05) is 32.8 Å². The second-order valence-corrected chi connectivity index (χ2v) is 3.48. The number of benzene rings is 1. The predicted octanol–water partition coefficient (Wildman–Crippen LogP) is 1.16. The van der Waals surface area contributed by atoms with Crippen molar-refractivity contribution in [3.63, 3.8) is 0 Å². The maximum Gasteiger partial charge on any atom is 0.349 e. The van der Waals surface area contributed by atoms with Crippen LogP contribution < -0.4 is 4.90 Å². The van der Waals surface area contributed by atoms with Gasteiger partial charge in [-0.15, -0.1) is 0 Å². The molecule has 0 atom stereocenters. The van der Waals surface area contributed by atoms with E-state index in [9.17, 15) is 14.7 Å². The molecule has 0 saturated carbocycles. The van der Waals surface area contributed by atoms with Crippen molar-refractivity contribution in [2.24, 2.45) is 0 Å². The van der Waals surface area contributed by atoms with E-state index in [0.29, 0.717) is 0 Å². The van der Waals surface area contributed by atoms with Crippen molar-refractivity contribution in [3.05, 3.63) is 23.8 Å². The number of esters is 2. The number of nitrogens with zero attached hydrogens (tertiary/aromatic N) is 1. The number of carbonyl (C=O) groups is 2. The summed E-state index contributed by atoms with van der Waals surface area (Å²) in [5.41, 5.74) is 0.720. The Morgan fingerprint density at radius 1 is 1.31 bits per heavy atom. The SMILES string of the molecule is CC(=O)OC(=O)c1ccc(N(C)C)cc1O. The summed E-state index contributed by atoms with van der Waals surface area (Å²) in [5.74, 6) is -1.77. The summed E-state index contributed by atoms with van der Waals surface area (Å²) >= 11 is 0. The average Bonchev–Trinajstić information content (AvgIpc) is 2.15. The van der Waals surface area contributed by atoms with Crippen LogP contribution in [0.1, 0.15) is 17.3 Å². The Bertz CT molecular complexity index is 426. The Balaban J connectivity index is 2.99. The summed E-state index contributed by atoms with van der Waals surface area (Å²) in [6.45, 7) is 1.13. The van der Waals surface area contributed by atoms with Gasteiger partial charge in [0.1, 0.15) is 11.3 Å². The molecule has 5 heteroatoms. The number of aromatic hydroxyl groups is 1. The third kappa shape index (κ3) is 2.73. The van der Waals surface area contributed by atoms with E-state index in [1.807, 2.05) is 14.1 Å². The number of phenolic OH excluding ortho intramolecular Hbond substituents is 1. The first-order valence-corrected chi connectivity index (χ1v) is 4.65. The summed E-state index contributed by atoms with van der Waals surface area (Å²) in [5, 5.41) is 9.58. The highest BCUT2D eigenvalue weighted by Crippen LogP contribution is 2.24. The molecule has 0 aliphatic heterocycles. The molecular formula is C11H13NO4. The van der Waals surface area contributed by atoms with Crippen molar-refractivity contribution in [2.45, 2.75) is 6.92 Å². The second-order valence-electron chi connectivity index (χ2n) is 3.48. The number of carbonyl (C=O) groups excluding carboxylic acids is 2. The summed E-state index contributed by atoms with van der Waals surface area (Å²) in [7, 11) is 3.62. The molecule has 0 bridgehead atoms. The molecule has 1 aromatic rings. The van der Waals surface area contributed by atoms with Gasteiger partial charge in [-0.25, -0.2) is 4.79 Å². The highest BCUT2D eigenvalue weighted by molar-refractivity contribution is 5.98. The van der Waals surface area contributed by atoms with Crippen molar-refractivity contribution in [1.29, 1.82) is 0 Å². The second kappa shape index (κ2) is 4.65. The maximum atomic E-state index is 11.3. The topological polar surface area (TPSA) is 66.8 Å². The van der Waals surface area contributed by atoms with Crippen molar-refractivity contribution >= 4 is 17.6 Å². The zero-order chi connectivity index (χ0) is 12.3. The normalized spacial score (nSPS) is 9.69. The lowest BCUT2D eigenvalue weighted by Crippen LogP contribution is -2.11. The summed E-state index contributed by atoms with van der Waals surface area (Å²) in [6, 6.07) is 4.49. The van der Waals surface area contributed by atoms with Crippen LogP contribution in [0.25, 0.3) is 0 Å². The summed E-state index contributed by atoms with van der Waals surface area (Å²) in [6.07, 6.45) is 0. The van der Waals surface area contributed by atoms with Gasteiger partial charge in [-0.2, -0.15) is 0 Å². The van der Waals surface area contributed by atoms with E-state index in [2.05, 4.69) is 4.74 Å². The molecule has 0 aliphatic rings. The number of rotatable bonds is 2. The predicted molar refractivity (Wildman–Crippen MR) is 58.5 cm³/mol. The Labute approximate surface area is 93.2 Å². The summed E-state index contributed by atoms with van der Waals surface area (Å²) in [4.78, 5) is 23.7. The van der Waals surface area contributed by atoms with Gasteiger partial charge in [-0.1, -0.05) is 0 Å². The number of hydrogen-bond donors (Lipinski definition) is 1. The van der Waals surface area contributed by atoms with Crippen LogP contribution in [0.15, 0.2) is 18.2 Å². The minimum Gasteiger partial charge on any atom is -0.507 e. The fraction of sp³-hybridized carbons (Fsp3) is 0.273. The van der Waals surface area contributed by atoms with Gasteiger partial charge in [0.2, 0.25) is 0 Å². The van der Waals surface area contributed by atoms with E-state index in [4.69, 9.17) is 0 Å². The Morgan fingerprint density at radius 3 is 2.38 bits per heavy atom. The van der Waals surface area contributed by atoms with Crippen LogP contribution in [0.4, 0.5) is 5.69 Å². The molecule has 86 valence electrons. The highest BCUT2D eigenvalue weighted by atomic mass is 16.6. The monoisotopic (exact) mass is 223 g/mol. The van der Waals surface area contributed by atoms with Gasteiger partial charge in [-0.3, -0.25) is 4.79 Å². The molecule has 1 aromatic carbocycles. The van der Waals surface area contributed by atoms with E-state index in [-0.39, 0.29) is 11.3 Å². The van der Waals surface area contributed by atoms with Crippen LogP contribution in [0, 0.1) is 0 Å². The molecule has 0 heterocycles. The smallest absolute Gasteiger partial charge is 0.349 e. The Hall–Kier alpha value is -2.04. The zero-order valence-corrected chi connectivity index (χ0v) is 9.35. The van der Waals surface area contributed by atoms with E-state index in [1.54, 1.807) is 11.0 Å². The van der Waals surface area contributed by atoms with Crippen LogP contribution in [-0.2, 0) is 9.53 Å². The fourth-order valence-electron chi connectivity index (χ4n) is 1.16. The van der Waals surface area contributed by atoms with Gasteiger partial charge in [0.05, 0.1) is 0 Å². The van der Waals surface area contributed by atoms with Gasteiger partial charge in [0.15, 0.2) is 0 Å².